The molecule has 1 heterocycles. The van der Waals surface area contributed by atoms with E-state index in [0.717, 1.165) is 11.6 Å². The fourth-order valence-electron chi connectivity index (χ4n) is 1.42. The van der Waals surface area contributed by atoms with Gasteiger partial charge in [-0.25, -0.2) is 0 Å². The summed E-state index contributed by atoms with van der Waals surface area (Å²) in [6.07, 6.45) is 0. The first-order valence-electron chi connectivity index (χ1n) is 4.37. The van der Waals surface area contributed by atoms with Gasteiger partial charge in [-0.05, 0) is 30.5 Å². The number of benzene rings is 1. The highest BCUT2D eigenvalue weighted by molar-refractivity contribution is 8.02. The number of hydrogen-bond donors (Lipinski definition) is 0. The summed E-state index contributed by atoms with van der Waals surface area (Å²) >= 11 is 1.78. The minimum absolute atomic E-state index is 0.715. The maximum Gasteiger partial charge on any atom is 0.0992 e. The van der Waals surface area contributed by atoms with Crippen LogP contribution in [-0.4, -0.2) is 5.88 Å². The van der Waals surface area contributed by atoms with Crippen LogP contribution in [0.25, 0.3) is 0 Å². The Balaban J connectivity index is 2.33. The summed E-state index contributed by atoms with van der Waals surface area (Å²) < 4.78 is 0. The predicted octanol–water partition coefficient (Wildman–Crippen LogP) is 2.93. The highest BCUT2D eigenvalue weighted by atomic mass is 32.2. The van der Waals surface area contributed by atoms with Crippen molar-refractivity contribution < 1.29 is 0 Å². The second kappa shape index (κ2) is 3.77. The van der Waals surface area contributed by atoms with Crippen LogP contribution in [0.4, 0.5) is 5.69 Å². The molecule has 0 unspecified atom stereocenters. The fourth-order valence-corrected chi connectivity index (χ4v) is 2.36. The van der Waals surface area contributed by atoms with Crippen molar-refractivity contribution in [2.75, 3.05) is 10.8 Å². The molecule has 0 N–H and O–H groups in total. The lowest BCUT2D eigenvalue weighted by Crippen LogP contribution is -2.15. The first-order valence-corrected chi connectivity index (χ1v) is 5.42. The topological polar surface area (TPSA) is 27.0 Å². The van der Waals surface area contributed by atoms with E-state index in [2.05, 4.69) is 23.3 Å². The van der Waals surface area contributed by atoms with Gasteiger partial charge in [0.1, 0.15) is 0 Å². The molecule has 0 aliphatic carbocycles. The minimum atomic E-state index is 0.715. The molecule has 3 heteroatoms. The van der Waals surface area contributed by atoms with Gasteiger partial charge in [-0.1, -0.05) is 6.07 Å². The van der Waals surface area contributed by atoms with Gasteiger partial charge in [0.05, 0.1) is 17.5 Å². The summed E-state index contributed by atoms with van der Waals surface area (Å²) in [5.74, 6) is 0.945. The molecular weight excluding hydrogens is 192 g/mol. The van der Waals surface area contributed by atoms with Crippen LogP contribution in [0.5, 0.6) is 0 Å². The highest BCUT2D eigenvalue weighted by Crippen LogP contribution is 2.29. The van der Waals surface area contributed by atoms with Crippen molar-refractivity contribution in [2.45, 2.75) is 6.92 Å². The number of nitrogens with zero attached hydrogens (tertiary/aromatic N) is 2. The van der Waals surface area contributed by atoms with Crippen molar-refractivity contribution in [1.82, 2.24) is 0 Å². The van der Waals surface area contributed by atoms with Gasteiger partial charge in [0, 0.05) is 11.4 Å². The maximum atomic E-state index is 8.78. The zero-order valence-electron chi connectivity index (χ0n) is 7.90. The molecule has 0 saturated heterocycles. The zero-order valence-corrected chi connectivity index (χ0v) is 8.71. The molecular formula is C11H10N2S. The summed E-state index contributed by atoms with van der Waals surface area (Å²) in [5, 5.41) is 10.9. The van der Waals surface area contributed by atoms with Crippen LogP contribution >= 0.6 is 11.8 Å². The molecule has 0 spiro atoms. The first kappa shape index (κ1) is 9.17. The van der Waals surface area contributed by atoms with Gasteiger partial charge in [0.2, 0.25) is 0 Å². The van der Waals surface area contributed by atoms with Gasteiger partial charge in [0.25, 0.3) is 0 Å². The lowest BCUT2D eigenvalue weighted by atomic mass is 10.2. The van der Waals surface area contributed by atoms with E-state index in [9.17, 15) is 0 Å². The van der Waals surface area contributed by atoms with Crippen molar-refractivity contribution in [3.8, 4) is 6.07 Å². The molecule has 1 aromatic rings. The SMILES string of the molecule is CC1=CSCN1c1cccc(C#N)c1. The summed E-state index contributed by atoms with van der Waals surface area (Å²) in [5.41, 5.74) is 3.06. The Morgan fingerprint density at radius 3 is 3.00 bits per heavy atom. The molecule has 2 rings (SSSR count). The van der Waals surface area contributed by atoms with E-state index < -0.39 is 0 Å². The molecule has 2 nitrogen and oxygen atoms in total. The quantitative estimate of drug-likeness (QED) is 0.700. The van der Waals surface area contributed by atoms with E-state index in [1.165, 1.54) is 5.70 Å². The Labute approximate surface area is 87.8 Å². The van der Waals surface area contributed by atoms with Crippen molar-refractivity contribution in [3.63, 3.8) is 0 Å². The molecule has 0 aromatic heterocycles. The van der Waals surface area contributed by atoms with Gasteiger partial charge < -0.3 is 4.90 Å². The van der Waals surface area contributed by atoms with Gasteiger partial charge in [-0.3, -0.25) is 0 Å². The molecule has 1 aliphatic rings. The van der Waals surface area contributed by atoms with Gasteiger partial charge in [-0.2, -0.15) is 5.26 Å². The minimum Gasteiger partial charge on any atom is -0.335 e. The summed E-state index contributed by atoms with van der Waals surface area (Å²) in [7, 11) is 0. The van der Waals surface area contributed by atoms with Crippen LogP contribution in [-0.2, 0) is 0 Å². The standard InChI is InChI=1S/C11H10N2S/c1-9-7-14-8-13(9)11-4-2-3-10(5-11)6-12/h2-5,7H,8H2,1H3. The van der Waals surface area contributed by atoms with E-state index in [0.29, 0.717) is 5.56 Å². The molecule has 1 aliphatic heterocycles. The third kappa shape index (κ3) is 1.61. The Hall–Kier alpha value is -1.40. The number of nitriles is 1. The lowest BCUT2D eigenvalue weighted by Gasteiger charge is -2.19. The molecule has 0 radical (unpaired) electrons. The van der Waals surface area contributed by atoms with E-state index in [1.807, 2.05) is 24.3 Å². The Morgan fingerprint density at radius 1 is 1.50 bits per heavy atom. The van der Waals surface area contributed by atoms with Crippen LogP contribution in [0.1, 0.15) is 12.5 Å². The third-order valence-electron chi connectivity index (χ3n) is 2.17. The van der Waals surface area contributed by atoms with Gasteiger partial charge in [-0.15, -0.1) is 11.8 Å². The largest absolute Gasteiger partial charge is 0.335 e. The van der Waals surface area contributed by atoms with Crippen LogP contribution in [0.3, 0.4) is 0 Å². The average molecular weight is 202 g/mol. The fraction of sp³-hybridized carbons (Fsp3) is 0.182. The highest BCUT2D eigenvalue weighted by Gasteiger charge is 2.13. The van der Waals surface area contributed by atoms with Crippen LogP contribution in [0.2, 0.25) is 0 Å². The van der Waals surface area contributed by atoms with Crippen LogP contribution < -0.4 is 4.90 Å². The molecule has 0 bridgehead atoms. The monoisotopic (exact) mass is 202 g/mol. The number of allylic oxidation sites excluding steroid dienone is 1. The van der Waals surface area contributed by atoms with E-state index in [1.54, 1.807) is 11.8 Å². The molecule has 0 amide bonds. The Kier molecular flexibility index (Phi) is 2.47. The summed E-state index contributed by atoms with van der Waals surface area (Å²) in [4.78, 5) is 2.20. The van der Waals surface area contributed by atoms with Crippen molar-refractivity contribution in [3.05, 3.63) is 40.9 Å². The smallest absolute Gasteiger partial charge is 0.0992 e. The predicted molar refractivity (Wildman–Crippen MR) is 59.9 cm³/mol. The van der Waals surface area contributed by atoms with Crippen molar-refractivity contribution in [1.29, 1.82) is 5.26 Å². The van der Waals surface area contributed by atoms with Crippen molar-refractivity contribution in [2.24, 2.45) is 0 Å². The lowest BCUT2D eigenvalue weighted by molar-refractivity contribution is 1.09. The first-order chi connectivity index (χ1) is 6.81. The maximum absolute atomic E-state index is 8.78. The van der Waals surface area contributed by atoms with E-state index in [4.69, 9.17) is 5.26 Å². The summed E-state index contributed by atoms with van der Waals surface area (Å²) in [6.45, 7) is 2.08. The van der Waals surface area contributed by atoms with Crippen LogP contribution in [0, 0.1) is 11.3 Å². The second-order valence-corrected chi connectivity index (χ2v) is 3.97. The van der Waals surface area contributed by atoms with E-state index >= 15 is 0 Å². The molecule has 0 atom stereocenters. The Morgan fingerprint density at radius 2 is 2.36 bits per heavy atom. The zero-order chi connectivity index (χ0) is 9.97. The number of anilines is 1. The van der Waals surface area contributed by atoms with Gasteiger partial charge in [0.15, 0.2) is 0 Å². The molecule has 0 saturated carbocycles. The average Bonchev–Trinajstić information content (AvgIpc) is 2.65. The number of thioether (sulfide) groups is 1. The Bertz CT molecular complexity index is 418. The summed E-state index contributed by atoms with van der Waals surface area (Å²) in [6, 6.07) is 9.85. The van der Waals surface area contributed by atoms with Crippen LogP contribution in [0.15, 0.2) is 35.4 Å². The third-order valence-corrected chi connectivity index (χ3v) is 3.09. The van der Waals surface area contributed by atoms with Gasteiger partial charge >= 0.3 is 0 Å². The molecule has 1 aromatic carbocycles. The normalized spacial score (nSPS) is 15.1. The van der Waals surface area contributed by atoms with E-state index in [-0.39, 0.29) is 0 Å². The molecule has 70 valence electrons. The number of hydrogen-bond acceptors (Lipinski definition) is 3. The van der Waals surface area contributed by atoms with Crippen molar-refractivity contribution >= 4 is 17.4 Å². The molecule has 0 fully saturated rings. The second-order valence-electron chi connectivity index (χ2n) is 3.15. The number of rotatable bonds is 1. The molecule has 14 heavy (non-hydrogen) atoms.